The van der Waals surface area contributed by atoms with Gasteiger partial charge in [-0.1, -0.05) is 26.0 Å². The van der Waals surface area contributed by atoms with Crippen LogP contribution in [0.1, 0.15) is 32.3 Å². The normalized spacial score (nSPS) is 12.7. The first-order valence-electron chi connectivity index (χ1n) is 6.01. The zero-order chi connectivity index (χ0) is 13.7. The molecular weight excluding hydrogens is 298 g/mol. The van der Waals surface area contributed by atoms with Gasteiger partial charge in [-0.25, -0.2) is 0 Å². The number of nitrogens with zero attached hydrogens (tertiary/aromatic N) is 1. The van der Waals surface area contributed by atoms with Crippen molar-refractivity contribution >= 4 is 21.6 Å². The monoisotopic (exact) mass is 315 g/mol. The molecule has 0 fully saturated rings. The molecule has 0 radical (unpaired) electrons. The molecule has 0 saturated carbocycles. The topological polar surface area (TPSA) is 63.4 Å². The fourth-order valence-electron chi connectivity index (χ4n) is 1.88. The van der Waals surface area contributed by atoms with E-state index in [-0.39, 0.29) is 11.8 Å². The van der Waals surface area contributed by atoms with Crippen molar-refractivity contribution in [2.24, 2.45) is 5.92 Å². The van der Waals surface area contributed by atoms with Crippen molar-refractivity contribution in [3.63, 3.8) is 0 Å². The highest BCUT2D eigenvalue weighted by Crippen LogP contribution is 2.29. The van der Waals surface area contributed by atoms with E-state index < -0.39 is 4.92 Å². The Morgan fingerprint density at radius 2 is 2.11 bits per heavy atom. The average Bonchev–Trinajstić information content (AvgIpc) is 2.26. The third-order valence-electron chi connectivity index (χ3n) is 2.75. The highest BCUT2D eigenvalue weighted by molar-refractivity contribution is 9.10. The molecule has 100 valence electrons. The Bertz CT molecular complexity index is 421. The summed E-state index contributed by atoms with van der Waals surface area (Å²) in [5.74, 6) is 0.452. The molecule has 1 atom stereocenters. The van der Waals surface area contributed by atoms with Gasteiger partial charge in [0.25, 0.3) is 5.69 Å². The number of benzene rings is 1. The van der Waals surface area contributed by atoms with E-state index >= 15 is 0 Å². The van der Waals surface area contributed by atoms with Gasteiger partial charge in [-0.3, -0.25) is 10.1 Å². The molecule has 1 aromatic rings. The molecule has 0 aliphatic heterocycles. The van der Waals surface area contributed by atoms with E-state index in [1.54, 1.807) is 6.07 Å². The Morgan fingerprint density at radius 3 is 2.67 bits per heavy atom. The first kappa shape index (κ1) is 15.1. The van der Waals surface area contributed by atoms with Crippen LogP contribution in [0.3, 0.4) is 0 Å². The van der Waals surface area contributed by atoms with Gasteiger partial charge in [0.05, 0.1) is 15.5 Å². The Kier molecular flexibility index (Phi) is 5.75. The van der Waals surface area contributed by atoms with Crippen LogP contribution in [0.25, 0.3) is 0 Å². The molecule has 0 amide bonds. The van der Waals surface area contributed by atoms with Crippen LogP contribution in [0.4, 0.5) is 5.69 Å². The van der Waals surface area contributed by atoms with Gasteiger partial charge < -0.3 is 5.11 Å². The second-order valence-electron chi connectivity index (χ2n) is 4.83. The van der Waals surface area contributed by atoms with Crippen LogP contribution in [0, 0.1) is 16.0 Å². The van der Waals surface area contributed by atoms with Crippen molar-refractivity contribution in [2.45, 2.75) is 39.2 Å². The SMILES string of the molecule is CC(C)CC(O)CCc1cccc([N+](=O)[O-])c1Br. The van der Waals surface area contributed by atoms with E-state index in [0.29, 0.717) is 23.2 Å². The second-order valence-corrected chi connectivity index (χ2v) is 5.62. The lowest BCUT2D eigenvalue weighted by Gasteiger charge is -2.13. The molecule has 1 N–H and O–H groups in total. The Morgan fingerprint density at radius 1 is 1.44 bits per heavy atom. The minimum atomic E-state index is -0.405. The minimum absolute atomic E-state index is 0.0749. The number of nitro benzene ring substituents is 1. The molecule has 0 aliphatic rings. The van der Waals surface area contributed by atoms with Gasteiger partial charge in [0.15, 0.2) is 0 Å². The molecule has 0 aromatic heterocycles. The fourth-order valence-corrected chi connectivity index (χ4v) is 2.49. The summed E-state index contributed by atoms with van der Waals surface area (Å²) in [6.45, 7) is 4.12. The number of hydrogen-bond donors (Lipinski definition) is 1. The van der Waals surface area contributed by atoms with Gasteiger partial charge >= 0.3 is 0 Å². The van der Waals surface area contributed by atoms with Crippen molar-refractivity contribution in [1.29, 1.82) is 0 Å². The predicted molar refractivity (Wildman–Crippen MR) is 74.6 cm³/mol. The first-order chi connectivity index (χ1) is 8.41. The predicted octanol–water partition coefficient (Wildman–Crippen LogP) is 3.70. The van der Waals surface area contributed by atoms with E-state index in [4.69, 9.17) is 0 Å². The smallest absolute Gasteiger partial charge is 0.283 e. The average molecular weight is 316 g/mol. The van der Waals surface area contributed by atoms with Crippen molar-refractivity contribution in [3.8, 4) is 0 Å². The summed E-state index contributed by atoms with van der Waals surface area (Å²) >= 11 is 3.26. The van der Waals surface area contributed by atoms with Crippen LogP contribution < -0.4 is 0 Å². The number of aryl methyl sites for hydroxylation is 1. The zero-order valence-corrected chi connectivity index (χ0v) is 12.2. The fraction of sp³-hybridized carbons (Fsp3) is 0.538. The molecule has 5 heteroatoms. The van der Waals surface area contributed by atoms with Crippen LogP contribution >= 0.6 is 15.9 Å². The van der Waals surface area contributed by atoms with Gasteiger partial charge in [0, 0.05) is 6.07 Å². The molecule has 1 aromatic carbocycles. The summed E-state index contributed by atoms with van der Waals surface area (Å²) in [6, 6.07) is 4.99. The summed E-state index contributed by atoms with van der Waals surface area (Å²) in [7, 11) is 0. The molecule has 0 heterocycles. The Balaban J connectivity index is 2.68. The van der Waals surface area contributed by atoms with E-state index in [1.807, 2.05) is 6.07 Å². The number of hydrogen-bond acceptors (Lipinski definition) is 3. The molecule has 18 heavy (non-hydrogen) atoms. The molecule has 1 unspecified atom stereocenters. The molecule has 4 nitrogen and oxygen atoms in total. The van der Waals surface area contributed by atoms with Gasteiger partial charge in [-0.05, 0) is 46.7 Å². The number of aliphatic hydroxyl groups excluding tert-OH is 1. The molecule has 0 spiro atoms. The number of rotatable bonds is 6. The van der Waals surface area contributed by atoms with Crippen molar-refractivity contribution in [3.05, 3.63) is 38.3 Å². The lowest BCUT2D eigenvalue weighted by Crippen LogP contribution is -2.11. The van der Waals surface area contributed by atoms with Crippen LogP contribution in [0.2, 0.25) is 0 Å². The van der Waals surface area contributed by atoms with Gasteiger partial charge in [-0.2, -0.15) is 0 Å². The van der Waals surface area contributed by atoms with Crippen molar-refractivity contribution in [1.82, 2.24) is 0 Å². The van der Waals surface area contributed by atoms with Crippen LogP contribution in [-0.2, 0) is 6.42 Å². The van der Waals surface area contributed by atoms with Crippen molar-refractivity contribution < 1.29 is 10.0 Å². The second kappa shape index (κ2) is 6.85. The lowest BCUT2D eigenvalue weighted by atomic mass is 9.99. The summed E-state index contributed by atoms with van der Waals surface area (Å²) < 4.78 is 0.520. The quantitative estimate of drug-likeness (QED) is 0.643. The van der Waals surface area contributed by atoms with E-state index in [1.165, 1.54) is 6.07 Å². The lowest BCUT2D eigenvalue weighted by molar-refractivity contribution is -0.385. The molecular formula is C13H18BrNO3. The summed E-state index contributed by atoms with van der Waals surface area (Å²) in [4.78, 5) is 10.4. The number of nitro groups is 1. The highest BCUT2D eigenvalue weighted by atomic mass is 79.9. The molecule has 0 aliphatic carbocycles. The first-order valence-corrected chi connectivity index (χ1v) is 6.81. The summed E-state index contributed by atoms with van der Waals surface area (Å²) in [6.07, 6.45) is 1.66. The van der Waals surface area contributed by atoms with E-state index in [0.717, 1.165) is 12.0 Å². The Hall–Kier alpha value is -0.940. The molecule has 0 saturated heterocycles. The third kappa shape index (κ3) is 4.38. The van der Waals surface area contributed by atoms with E-state index in [9.17, 15) is 15.2 Å². The summed E-state index contributed by atoms with van der Waals surface area (Å²) in [5, 5.41) is 20.6. The standard InChI is InChI=1S/C13H18BrNO3/c1-9(2)8-11(16)7-6-10-4-3-5-12(13(10)14)15(17)18/h3-5,9,11,16H,6-8H2,1-2H3. The third-order valence-corrected chi connectivity index (χ3v) is 3.66. The molecule has 1 rings (SSSR count). The highest BCUT2D eigenvalue weighted by Gasteiger charge is 2.15. The maximum absolute atomic E-state index is 10.8. The minimum Gasteiger partial charge on any atom is -0.393 e. The van der Waals surface area contributed by atoms with Crippen LogP contribution in [-0.4, -0.2) is 16.1 Å². The largest absolute Gasteiger partial charge is 0.393 e. The number of halogens is 1. The van der Waals surface area contributed by atoms with Gasteiger partial charge in [0.2, 0.25) is 0 Å². The maximum Gasteiger partial charge on any atom is 0.283 e. The number of aliphatic hydroxyl groups is 1. The van der Waals surface area contributed by atoms with E-state index in [2.05, 4.69) is 29.8 Å². The van der Waals surface area contributed by atoms with Crippen molar-refractivity contribution in [2.75, 3.05) is 0 Å². The summed E-state index contributed by atoms with van der Waals surface area (Å²) in [5.41, 5.74) is 0.942. The van der Waals surface area contributed by atoms with Gasteiger partial charge in [-0.15, -0.1) is 0 Å². The maximum atomic E-state index is 10.8. The Labute approximate surface area is 115 Å². The van der Waals surface area contributed by atoms with Gasteiger partial charge in [0.1, 0.15) is 0 Å². The molecule has 0 bridgehead atoms. The zero-order valence-electron chi connectivity index (χ0n) is 10.6. The van der Waals surface area contributed by atoms with Crippen LogP contribution in [0.5, 0.6) is 0 Å². The van der Waals surface area contributed by atoms with Crippen LogP contribution in [0.15, 0.2) is 22.7 Å².